The van der Waals surface area contributed by atoms with Gasteiger partial charge in [-0.05, 0) is 31.5 Å². The van der Waals surface area contributed by atoms with Crippen molar-refractivity contribution >= 4 is 0 Å². The average molecular weight is 207 g/mol. The second-order valence-corrected chi connectivity index (χ2v) is 3.75. The number of aryl methyl sites for hydroxylation is 1. The maximum Gasteiger partial charge on any atom is 0.0558 e. The normalized spacial score (nSPS) is 10.9. The van der Waals surface area contributed by atoms with E-state index in [1.807, 2.05) is 6.07 Å². The molecule has 0 saturated carbocycles. The Morgan fingerprint density at radius 2 is 1.87 bits per heavy atom. The van der Waals surface area contributed by atoms with Crippen LogP contribution in [0.1, 0.15) is 18.9 Å². The first-order chi connectivity index (χ1) is 7.36. The van der Waals surface area contributed by atoms with Crippen molar-refractivity contribution in [3.63, 3.8) is 0 Å². The lowest BCUT2D eigenvalue weighted by Gasteiger charge is -2.18. The van der Waals surface area contributed by atoms with Crippen LogP contribution in [0, 0.1) is 0 Å². The number of hydrogen-bond acceptors (Lipinski definition) is 2. The maximum absolute atomic E-state index is 8.84. The van der Waals surface area contributed by atoms with Gasteiger partial charge in [0.05, 0.1) is 6.61 Å². The number of nitrogens with zero attached hydrogens (tertiary/aromatic N) is 1. The molecule has 1 rings (SSSR count). The third kappa shape index (κ3) is 4.96. The first kappa shape index (κ1) is 12.2. The van der Waals surface area contributed by atoms with Gasteiger partial charge in [-0.25, -0.2) is 0 Å². The van der Waals surface area contributed by atoms with Crippen LogP contribution >= 0.6 is 0 Å². The van der Waals surface area contributed by atoms with E-state index in [0.717, 1.165) is 32.5 Å². The minimum absolute atomic E-state index is 0.263. The highest BCUT2D eigenvalue weighted by atomic mass is 16.3. The number of hydrogen-bond donors (Lipinski definition) is 1. The summed E-state index contributed by atoms with van der Waals surface area (Å²) < 4.78 is 0. The summed E-state index contributed by atoms with van der Waals surface area (Å²) in [5, 5.41) is 8.84. The molecule has 0 bridgehead atoms. The lowest BCUT2D eigenvalue weighted by atomic mass is 10.1. The Morgan fingerprint density at radius 1 is 1.13 bits per heavy atom. The van der Waals surface area contributed by atoms with Crippen molar-refractivity contribution in [3.05, 3.63) is 35.9 Å². The van der Waals surface area contributed by atoms with Gasteiger partial charge >= 0.3 is 0 Å². The van der Waals surface area contributed by atoms with Gasteiger partial charge in [-0.3, -0.25) is 0 Å². The molecule has 0 fully saturated rings. The molecule has 0 saturated heterocycles. The summed E-state index contributed by atoms with van der Waals surface area (Å²) in [6.07, 6.45) is 2.29. The zero-order valence-electron chi connectivity index (χ0n) is 9.52. The van der Waals surface area contributed by atoms with Crippen LogP contribution in [-0.4, -0.2) is 36.2 Å². The number of aliphatic hydroxyl groups is 1. The standard InChI is InChI=1S/C13H21NO/c1-2-14(11-12-15)10-6-9-13-7-4-3-5-8-13/h3-5,7-8,15H,2,6,9-12H2,1H3. The van der Waals surface area contributed by atoms with Crippen LogP contribution in [-0.2, 0) is 6.42 Å². The summed E-state index contributed by atoms with van der Waals surface area (Å²) in [5.74, 6) is 0. The quantitative estimate of drug-likeness (QED) is 0.738. The van der Waals surface area contributed by atoms with Crippen LogP contribution in [0.5, 0.6) is 0 Å². The highest BCUT2D eigenvalue weighted by Crippen LogP contribution is 2.03. The lowest BCUT2D eigenvalue weighted by molar-refractivity contribution is 0.200. The minimum Gasteiger partial charge on any atom is -0.395 e. The zero-order chi connectivity index (χ0) is 10.9. The molecule has 15 heavy (non-hydrogen) atoms. The van der Waals surface area contributed by atoms with Gasteiger partial charge in [-0.2, -0.15) is 0 Å². The largest absolute Gasteiger partial charge is 0.395 e. The van der Waals surface area contributed by atoms with Gasteiger partial charge < -0.3 is 10.0 Å². The molecule has 0 unspecified atom stereocenters. The Bertz CT molecular complexity index is 248. The predicted molar refractivity (Wildman–Crippen MR) is 64.0 cm³/mol. The molecule has 0 aromatic heterocycles. The fraction of sp³-hybridized carbons (Fsp3) is 0.538. The van der Waals surface area contributed by atoms with Gasteiger partial charge in [0.1, 0.15) is 0 Å². The van der Waals surface area contributed by atoms with E-state index in [-0.39, 0.29) is 6.61 Å². The van der Waals surface area contributed by atoms with E-state index in [1.54, 1.807) is 0 Å². The smallest absolute Gasteiger partial charge is 0.0558 e. The summed E-state index contributed by atoms with van der Waals surface area (Å²) in [7, 11) is 0. The van der Waals surface area contributed by atoms with E-state index in [9.17, 15) is 0 Å². The number of aliphatic hydroxyl groups excluding tert-OH is 1. The van der Waals surface area contributed by atoms with Crippen LogP contribution in [0.25, 0.3) is 0 Å². The average Bonchev–Trinajstić information content (AvgIpc) is 2.29. The van der Waals surface area contributed by atoms with Crippen molar-refractivity contribution in [2.45, 2.75) is 19.8 Å². The van der Waals surface area contributed by atoms with E-state index in [2.05, 4.69) is 36.1 Å². The molecule has 0 spiro atoms. The van der Waals surface area contributed by atoms with Crippen molar-refractivity contribution in [2.24, 2.45) is 0 Å². The SMILES string of the molecule is CCN(CCO)CCCc1ccccc1. The number of rotatable bonds is 7. The third-order valence-corrected chi connectivity index (χ3v) is 2.65. The first-order valence-electron chi connectivity index (χ1n) is 5.74. The molecule has 0 atom stereocenters. The summed E-state index contributed by atoms with van der Waals surface area (Å²) in [6, 6.07) is 10.6. The van der Waals surface area contributed by atoms with E-state index >= 15 is 0 Å². The molecule has 0 heterocycles. The predicted octanol–water partition coefficient (Wildman–Crippen LogP) is 1.93. The molecule has 84 valence electrons. The second kappa shape index (κ2) is 7.43. The zero-order valence-corrected chi connectivity index (χ0v) is 9.52. The summed E-state index contributed by atoms with van der Waals surface area (Å²) in [4.78, 5) is 2.28. The highest BCUT2D eigenvalue weighted by Gasteiger charge is 2.00. The van der Waals surface area contributed by atoms with Crippen LogP contribution in [0.3, 0.4) is 0 Å². The molecule has 2 heteroatoms. The molecule has 1 aromatic carbocycles. The molecular formula is C13H21NO. The van der Waals surface area contributed by atoms with Gasteiger partial charge in [0.15, 0.2) is 0 Å². The van der Waals surface area contributed by atoms with Crippen LogP contribution in [0.2, 0.25) is 0 Å². The summed E-state index contributed by atoms with van der Waals surface area (Å²) in [5.41, 5.74) is 1.40. The Kier molecular flexibility index (Phi) is 6.05. The fourth-order valence-electron chi connectivity index (χ4n) is 1.72. The van der Waals surface area contributed by atoms with E-state index < -0.39 is 0 Å². The van der Waals surface area contributed by atoms with Gasteiger partial charge in [-0.15, -0.1) is 0 Å². The van der Waals surface area contributed by atoms with Gasteiger partial charge in [0.2, 0.25) is 0 Å². The monoisotopic (exact) mass is 207 g/mol. The molecule has 0 aliphatic carbocycles. The molecule has 1 N–H and O–H groups in total. The molecule has 2 nitrogen and oxygen atoms in total. The van der Waals surface area contributed by atoms with Crippen molar-refractivity contribution in [1.29, 1.82) is 0 Å². The molecular weight excluding hydrogens is 186 g/mol. The minimum atomic E-state index is 0.263. The first-order valence-corrected chi connectivity index (χ1v) is 5.74. The topological polar surface area (TPSA) is 23.5 Å². The van der Waals surface area contributed by atoms with Crippen molar-refractivity contribution < 1.29 is 5.11 Å². The van der Waals surface area contributed by atoms with E-state index in [0.29, 0.717) is 0 Å². The second-order valence-electron chi connectivity index (χ2n) is 3.75. The van der Waals surface area contributed by atoms with Gasteiger partial charge in [0, 0.05) is 6.54 Å². The summed E-state index contributed by atoms with van der Waals surface area (Å²) >= 11 is 0. The molecule has 0 radical (unpaired) electrons. The van der Waals surface area contributed by atoms with Crippen LogP contribution in [0.15, 0.2) is 30.3 Å². The van der Waals surface area contributed by atoms with Crippen LogP contribution < -0.4 is 0 Å². The highest BCUT2D eigenvalue weighted by molar-refractivity contribution is 5.14. The molecule has 0 aliphatic rings. The molecule has 0 amide bonds. The van der Waals surface area contributed by atoms with Gasteiger partial charge in [0.25, 0.3) is 0 Å². The molecule has 0 aliphatic heterocycles. The van der Waals surface area contributed by atoms with Gasteiger partial charge in [-0.1, -0.05) is 37.3 Å². The number of benzene rings is 1. The van der Waals surface area contributed by atoms with E-state index in [4.69, 9.17) is 5.11 Å². The fourth-order valence-corrected chi connectivity index (χ4v) is 1.72. The molecule has 1 aromatic rings. The Labute approximate surface area is 92.5 Å². The Morgan fingerprint density at radius 3 is 2.47 bits per heavy atom. The third-order valence-electron chi connectivity index (χ3n) is 2.65. The van der Waals surface area contributed by atoms with Crippen molar-refractivity contribution in [1.82, 2.24) is 4.90 Å². The van der Waals surface area contributed by atoms with E-state index in [1.165, 1.54) is 5.56 Å². The number of likely N-dealkylation sites (N-methyl/N-ethyl adjacent to an activating group) is 1. The Balaban J connectivity index is 2.20. The maximum atomic E-state index is 8.84. The summed E-state index contributed by atoms with van der Waals surface area (Å²) in [6.45, 7) is 5.30. The van der Waals surface area contributed by atoms with Crippen LogP contribution in [0.4, 0.5) is 0 Å². The van der Waals surface area contributed by atoms with Crippen molar-refractivity contribution in [3.8, 4) is 0 Å². The van der Waals surface area contributed by atoms with Crippen molar-refractivity contribution in [2.75, 3.05) is 26.2 Å². The Hall–Kier alpha value is -0.860. The lowest BCUT2D eigenvalue weighted by Crippen LogP contribution is -2.27.